The number of ether oxygens (including phenoxy) is 2. The first-order valence-corrected chi connectivity index (χ1v) is 10.7. The fraction of sp³-hybridized carbons (Fsp3) is 0.192. The van der Waals surface area contributed by atoms with Gasteiger partial charge in [-0.1, -0.05) is 36.4 Å². The number of carbonyl (C=O) groups excluding carboxylic acids is 1. The monoisotopic (exact) mass is 440 g/mol. The van der Waals surface area contributed by atoms with Crippen molar-refractivity contribution in [1.29, 1.82) is 0 Å². The van der Waals surface area contributed by atoms with Crippen LogP contribution in [0.2, 0.25) is 0 Å². The van der Waals surface area contributed by atoms with E-state index in [4.69, 9.17) is 19.5 Å². The van der Waals surface area contributed by atoms with Gasteiger partial charge in [-0.2, -0.15) is 0 Å². The van der Waals surface area contributed by atoms with E-state index in [2.05, 4.69) is 5.32 Å². The molecule has 1 N–H and O–H groups in total. The summed E-state index contributed by atoms with van der Waals surface area (Å²) in [5, 5.41) is 3.05. The summed E-state index contributed by atoms with van der Waals surface area (Å²) in [7, 11) is 3.22. The Balaban J connectivity index is 1.66. The van der Waals surface area contributed by atoms with Gasteiger partial charge < -0.3 is 14.8 Å². The van der Waals surface area contributed by atoms with E-state index in [1.807, 2.05) is 84.3 Å². The first-order valence-electron chi connectivity index (χ1n) is 10.7. The molecule has 33 heavy (non-hydrogen) atoms. The molecule has 0 radical (unpaired) electrons. The number of nitrogens with one attached hydrogen (secondary N) is 1. The number of fused-ring (bicyclic) bond motifs is 3. The van der Waals surface area contributed by atoms with Crippen LogP contribution in [0.3, 0.4) is 0 Å². The number of aliphatic imine (C=N–C) groups is 1. The van der Waals surface area contributed by atoms with Crippen molar-refractivity contribution < 1.29 is 14.3 Å². The molecule has 0 aliphatic carbocycles. The lowest BCUT2D eigenvalue weighted by atomic mass is 9.87. The molecular formula is C26H24N4O3. The molecule has 2 atom stereocenters. The number of aromatic nitrogens is 2. The maximum absolute atomic E-state index is 13.7. The van der Waals surface area contributed by atoms with Crippen molar-refractivity contribution in [3.8, 4) is 11.5 Å². The number of hydrogen-bond donors (Lipinski definition) is 1. The van der Waals surface area contributed by atoms with E-state index in [1.54, 1.807) is 14.2 Å². The first kappa shape index (κ1) is 20.8. The Morgan fingerprint density at radius 1 is 0.970 bits per heavy atom. The van der Waals surface area contributed by atoms with Crippen LogP contribution in [0.4, 0.5) is 11.6 Å². The largest absolute Gasteiger partial charge is 0.497 e. The Hall–Kier alpha value is -4.13. The molecule has 166 valence electrons. The van der Waals surface area contributed by atoms with Crippen LogP contribution in [0.15, 0.2) is 77.8 Å². The summed E-state index contributed by atoms with van der Waals surface area (Å²) in [5.74, 6) is 1.18. The summed E-state index contributed by atoms with van der Waals surface area (Å²) >= 11 is 0. The zero-order chi connectivity index (χ0) is 22.9. The number of nitrogens with zero attached hydrogens (tertiary/aromatic N) is 3. The number of rotatable bonds is 5. The molecule has 2 heterocycles. The van der Waals surface area contributed by atoms with E-state index in [1.165, 1.54) is 0 Å². The molecule has 0 spiro atoms. The minimum atomic E-state index is -0.563. The van der Waals surface area contributed by atoms with Crippen LogP contribution < -0.4 is 14.8 Å². The molecule has 1 aliphatic rings. The van der Waals surface area contributed by atoms with Gasteiger partial charge in [0.1, 0.15) is 17.4 Å². The molecule has 2 unspecified atom stereocenters. The van der Waals surface area contributed by atoms with Gasteiger partial charge in [0.15, 0.2) is 0 Å². The summed E-state index contributed by atoms with van der Waals surface area (Å²) in [6.45, 7) is 1.88. The lowest BCUT2D eigenvalue weighted by molar-refractivity contribution is -0.118. The Bertz CT molecular complexity index is 1370. The molecule has 0 fully saturated rings. The summed E-state index contributed by atoms with van der Waals surface area (Å²) in [6.07, 6.45) is 0. The van der Waals surface area contributed by atoms with E-state index in [0.717, 1.165) is 22.3 Å². The first-order chi connectivity index (χ1) is 16.1. The van der Waals surface area contributed by atoms with Gasteiger partial charge in [-0.3, -0.25) is 9.36 Å². The highest BCUT2D eigenvalue weighted by Crippen LogP contribution is 2.41. The van der Waals surface area contributed by atoms with Gasteiger partial charge in [-0.05, 0) is 48.9 Å². The molecular weight excluding hydrogens is 416 g/mol. The van der Waals surface area contributed by atoms with Gasteiger partial charge in [-0.15, -0.1) is 0 Å². The molecule has 0 saturated carbocycles. The van der Waals surface area contributed by atoms with Crippen LogP contribution in [-0.2, 0) is 4.79 Å². The Kier molecular flexibility index (Phi) is 5.30. The van der Waals surface area contributed by atoms with Crippen LogP contribution in [0, 0.1) is 5.92 Å². The highest BCUT2D eigenvalue weighted by atomic mass is 16.5. The van der Waals surface area contributed by atoms with Gasteiger partial charge in [0.25, 0.3) is 0 Å². The van der Waals surface area contributed by atoms with Crippen LogP contribution >= 0.6 is 0 Å². The summed E-state index contributed by atoms with van der Waals surface area (Å²) in [5.41, 5.74) is 4.00. The second kappa shape index (κ2) is 8.43. The smallest absolute Gasteiger partial charge is 0.235 e. The van der Waals surface area contributed by atoms with Crippen molar-refractivity contribution in [2.24, 2.45) is 10.9 Å². The molecule has 1 amide bonds. The van der Waals surface area contributed by atoms with Crippen LogP contribution in [0.1, 0.15) is 18.5 Å². The van der Waals surface area contributed by atoms with E-state index < -0.39 is 5.92 Å². The van der Waals surface area contributed by atoms with E-state index >= 15 is 0 Å². The van der Waals surface area contributed by atoms with Crippen molar-refractivity contribution in [1.82, 2.24) is 9.55 Å². The highest BCUT2D eigenvalue weighted by Gasteiger charge is 2.39. The molecule has 3 aromatic carbocycles. The Morgan fingerprint density at radius 3 is 2.58 bits per heavy atom. The van der Waals surface area contributed by atoms with Crippen LogP contribution in [-0.4, -0.2) is 35.4 Å². The number of methoxy groups -OCH3 is 2. The normalized spacial score (nSPS) is 17.2. The SMILES string of the molecule is COc1cccc(C2C(C(=O)Nc3ccccc3OC)C(C)=Nc3nc4ccccc4n32)c1. The minimum Gasteiger partial charge on any atom is -0.497 e. The molecule has 4 aromatic rings. The fourth-order valence-electron chi connectivity index (χ4n) is 4.45. The molecule has 0 saturated heterocycles. The number of carbonyl (C=O) groups is 1. The third kappa shape index (κ3) is 3.61. The van der Waals surface area contributed by atoms with E-state index in [9.17, 15) is 4.79 Å². The molecule has 7 heteroatoms. The Morgan fingerprint density at radius 2 is 1.76 bits per heavy atom. The lowest BCUT2D eigenvalue weighted by Gasteiger charge is -2.32. The maximum Gasteiger partial charge on any atom is 0.235 e. The molecule has 5 rings (SSSR count). The number of amides is 1. The number of anilines is 1. The second-order valence-corrected chi connectivity index (χ2v) is 7.91. The minimum absolute atomic E-state index is 0.169. The second-order valence-electron chi connectivity index (χ2n) is 7.91. The highest BCUT2D eigenvalue weighted by molar-refractivity contribution is 6.11. The summed E-state index contributed by atoms with van der Waals surface area (Å²) in [6, 6.07) is 22.7. The van der Waals surface area contributed by atoms with E-state index in [0.29, 0.717) is 23.1 Å². The number of para-hydroxylation sites is 4. The van der Waals surface area contributed by atoms with Gasteiger partial charge >= 0.3 is 0 Å². The fourth-order valence-corrected chi connectivity index (χ4v) is 4.45. The van der Waals surface area contributed by atoms with Crippen molar-refractivity contribution in [3.63, 3.8) is 0 Å². The van der Waals surface area contributed by atoms with Gasteiger partial charge in [-0.25, -0.2) is 9.98 Å². The zero-order valence-electron chi connectivity index (χ0n) is 18.6. The number of benzene rings is 3. The van der Waals surface area contributed by atoms with Crippen molar-refractivity contribution in [3.05, 3.63) is 78.4 Å². The molecule has 7 nitrogen and oxygen atoms in total. The van der Waals surface area contributed by atoms with Gasteiger partial charge in [0, 0.05) is 5.71 Å². The quantitative estimate of drug-likeness (QED) is 0.474. The summed E-state index contributed by atoms with van der Waals surface area (Å²) in [4.78, 5) is 23.2. The third-order valence-corrected chi connectivity index (χ3v) is 5.98. The number of hydrogen-bond acceptors (Lipinski definition) is 5. The predicted molar refractivity (Wildman–Crippen MR) is 129 cm³/mol. The topological polar surface area (TPSA) is 77.7 Å². The maximum atomic E-state index is 13.7. The van der Waals surface area contributed by atoms with Crippen molar-refractivity contribution >= 4 is 34.3 Å². The zero-order valence-corrected chi connectivity index (χ0v) is 18.6. The molecule has 1 aromatic heterocycles. The number of imidazole rings is 1. The standard InChI is InChI=1S/C26H24N4O3/c1-16-23(25(31)28-20-12-5-7-14-22(20)33-3)24(17-9-8-10-18(15-17)32-2)30-21-13-6-4-11-19(21)29-26(30)27-16/h4-15,23-24H,1-3H3,(H,28,31). The van der Waals surface area contributed by atoms with Crippen molar-refractivity contribution in [2.75, 3.05) is 19.5 Å². The van der Waals surface area contributed by atoms with Crippen molar-refractivity contribution in [2.45, 2.75) is 13.0 Å². The average Bonchev–Trinajstić information content (AvgIpc) is 3.21. The van der Waals surface area contributed by atoms with Crippen LogP contribution in [0.25, 0.3) is 11.0 Å². The molecule has 0 bridgehead atoms. The lowest BCUT2D eigenvalue weighted by Crippen LogP contribution is -2.38. The summed E-state index contributed by atoms with van der Waals surface area (Å²) < 4.78 is 13.0. The predicted octanol–water partition coefficient (Wildman–Crippen LogP) is 5.00. The molecule has 1 aliphatic heterocycles. The average molecular weight is 441 g/mol. The van der Waals surface area contributed by atoms with Gasteiger partial charge in [0.05, 0.1) is 37.0 Å². The Labute approximate surface area is 191 Å². The van der Waals surface area contributed by atoms with Gasteiger partial charge in [0.2, 0.25) is 11.9 Å². The third-order valence-electron chi connectivity index (χ3n) is 5.98. The van der Waals surface area contributed by atoms with E-state index in [-0.39, 0.29) is 11.9 Å². The van der Waals surface area contributed by atoms with Crippen LogP contribution in [0.5, 0.6) is 11.5 Å².